The third-order valence-electron chi connectivity index (χ3n) is 5.58. The molecule has 0 spiro atoms. The Morgan fingerprint density at radius 1 is 0.886 bits per heavy atom. The third-order valence-corrected chi connectivity index (χ3v) is 8.07. The van der Waals surface area contributed by atoms with Gasteiger partial charge in [-0.1, -0.05) is 64.1 Å². The summed E-state index contributed by atoms with van der Waals surface area (Å²) in [6.45, 7) is 0. The maximum Gasteiger partial charge on any atom is 0.231 e. The minimum Gasteiger partial charge on any atom is -0.326 e. The van der Waals surface area contributed by atoms with E-state index in [0.29, 0.717) is 15.6 Å². The van der Waals surface area contributed by atoms with E-state index < -0.39 is 33.7 Å². The highest BCUT2D eigenvalue weighted by Gasteiger charge is 2.67. The highest BCUT2D eigenvalue weighted by molar-refractivity contribution is 6.53. The van der Waals surface area contributed by atoms with Gasteiger partial charge in [0.05, 0.1) is 21.0 Å². The smallest absolute Gasteiger partial charge is 0.231 e. The number of nitrogens with one attached hydrogen (secondary N) is 1. The van der Waals surface area contributed by atoms with Crippen molar-refractivity contribution in [3.05, 3.63) is 96.2 Å². The number of hydrogen-bond acceptors (Lipinski definition) is 2. The molecule has 1 N–H and O–H groups in total. The molecule has 0 saturated heterocycles. The van der Waals surface area contributed by atoms with E-state index in [0.717, 1.165) is 0 Å². The molecule has 35 heavy (non-hydrogen) atoms. The minimum atomic E-state index is -1.37. The Balaban J connectivity index is 1.52. The van der Waals surface area contributed by atoms with E-state index in [4.69, 9.17) is 81.2 Å². The van der Waals surface area contributed by atoms with E-state index in [-0.39, 0.29) is 38.3 Å². The Hall–Kier alpha value is -1.24. The van der Waals surface area contributed by atoms with Crippen molar-refractivity contribution in [2.75, 3.05) is 5.32 Å². The van der Waals surface area contributed by atoms with Crippen LogP contribution in [-0.4, -0.2) is 16.0 Å². The van der Waals surface area contributed by atoms with Crippen molar-refractivity contribution in [1.82, 2.24) is 0 Å². The van der Waals surface area contributed by atoms with Crippen LogP contribution in [-0.2, 0) is 11.2 Å². The van der Waals surface area contributed by atoms with Crippen molar-refractivity contribution in [3.63, 3.8) is 0 Å². The van der Waals surface area contributed by atoms with Gasteiger partial charge in [-0.05, 0) is 53.6 Å². The molecule has 4 rings (SSSR count). The number of rotatable bonds is 6. The summed E-state index contributed by atoms with van der Waals surface area (Å²) >= 11 is 42.8. The Morgan fingerprint density at radius 2 is 1.51 bits per heavy atom. The van der Waals surface area contributed by atoms with Gasteiger partial charge in [0.25, 0.3) is 0 Å². The lowest BCUT2D eigenvalue weighted by atomic mass is 10.0. The Morgan fingerprint density at radius 3 is 2.17 bits per heavy atom. The van der Waals surface area contributed by atoms with Gasteiger partial charge in [0, 0.05) is 33.6 Å². The normalized spacial score (nSPS) is 18.3. The van der Waals surface area contributed by atoms with Gasteiger partial charge >= 0.3 is 0 Å². The molecule has 1 aliphatic carbocycles. The Kier molecular flexibility index (Phi) is 7.86. The zero-order valence-corrected chi connectivity index (χ0v) is 22.6. The van der Waals surface area contributed by atoms with E-state index in [1.807, 2.05) is 0 Å². The fourth-order valence-electron chi connectivity index (χ4n) is 3.83. The van der Waals surface area contributed by atoms with Crippen LogP contribution >= 0.6 is 81.2 Å². The molecule has 3 aromatic rings. The lowest BCUT2D eigenvalue weighted by Gasteiger charge is -2.10. The minimum absolute atomic E-state index is 0.0381. The van der Waals surface area contributed by atoms with Crippen molar-refractivity contribution in [2.45, 2.75) is 16.7 Å². The van der Waals surface area contributed by atoms with Crippen molar-refractivity contribution in [3.8, 4) is 0 Å². The van der Waals surface area contributed by atoms with E-state index in [9.17, 15) is 14.0 Å². The summed E-state index contributed by atoms with van der Waals surface area (Å²) in [5, 5.41) is 3.39. The lowest BCUT2D eigenvalue weighted by Crippen LogP contribution is -2.17. The number of halogens is 8. The van der Waals surface area contributed by atoms with Crippen LogP contribution in [0.4, 0.5) is 10.1 Å². The van der Waals surface area contributed by atoms with Crippen LogP contribution in [0.5, 0.6) is 0 Å². The summed E-state index contributed by atoms with van der Waals surface area (Å²) in [5.74, 6) is -3.05. The van der Waals surface area contributed by atoms with Gasteiger partial charge in [-0.25, -0.2) is 4.39 Å². The second-order valence-electron chi connectivity index (χ2n) is 7.95. The van der Waals surface area contributed by atoms with Crippen LogP contribution < -0.4 is 5.32 Å². The van der Waals surface area contributed by atoms with E-state index in [1.165, 1.54) is 30.3 Å². The van der Waals surface area contributed by atoms with Gasteiger partial charge in [0.15, 0.2) is 5.78 Å². The topological polar surface area (TPSA) is 46.2 Å². The number of ketones is 1. The summed E-state index contributed by atoms with van der Waals surface area (Å²) in [6.07, 6.45) is -0.313. The van der Waals surface area contributed by atoms with E-state index >= 15 is 0 Å². The maximum absolute atomic E-state index is 14.4. The third kappa shape index (κ3) is 5.55. The van der Waals surface area contributed by atoms with Crippen molar-refractivity contribution in [2.24, 2.45) is 5.92 Å². The van der Waals surface area contributed by atoms with Crippen LogP contribution in [0.2, 0.25) is 25.1 Å². The van der Waals surface area contributed by atoms with Crippen LogP contribution in [0.25, 0.3) is 0 Å². The first-order valence-electron chi connectivity index (χ1n) is 10.00. The quantitative estimate of drug-likeness (QED) is 0.171. The highest BCUT2D eigenvalue weighted by atomic mass is 35.5. The molecule has 3 nitrogen and oxygen atoms in total. The number of anilines is 1. The molecule has 3 aromatic carbocycles. The monoisotopic (exact) mass is 611 g/mol. The van der Waals surface area contributed by atoms with Crippen LogP contribution in [0.3, 0.4) is 0 Å². The number of Topliss-reactive ketones (excluding diaryl/α,β-unsaturated/α-hetero) is 1. The van der Waals surface area contributed by atoms with Crippen molar-refractivity contribution in [1.29, 1.82) is 0 Å². The van der Waals surface area contributed by atoms with Crippen LogP contribution in [0, 0.1) is 11.7 Å². The first-order valence-corrected chi connectivity index (χ1v) is 12.6. The standard InChI is InChI=1S/C24H13Cl7FNO2/c25-12-5-11(6-13(26)8-12)19-20(24(19,30)31)23(35)33-14-2-4-16(27)15(9-14)18(34)7-10-1-3-17(28)21(29)22(10)32/h1-6,8-9,19-20H,7H2,(H,33,35). The molecule has 11 heteroatoms. The summed E-state index contributed by atoms with van der Waals surface area (Å²) in [7, 11) is 0. The van der Waals surface area contributed by atoms with Gasteiger partial charge in [-0.15, -0.1) is 23.2 Å². The van der Waals surface area contributed by atoms with Crippen molar-refractivity contribution >= 4 is 98.6 Å². The molecular formula is C24H13Cl7FNO2. The lowest BCUT2D eigenvalue weighted by molar-refractivity contribution is -0.117. The SMILES string of the molecule is O=C(Cc1ccc(Cl)c(Cl)c1F)c1cc(NC(=O)C2C(c3cc(Cl)cc(Cl)c3)C2(Cl)Cl)ccc1Cl. The largest absolute Gasteiger partial charge is 0.326 e. The molecule has 0 radical (unpaired) electrons. The number of benzene rings is 3. The molecule has 0 aromatic heterocycles. The zero-order valence-electron chi connectivity index (χ0n) is 17.3. The average Bonchev–Trinajstić information content (AvgIpc) is 3.36. The molecule has 1 aliphatic rings. The molecular weight excluding hydrogens is 601 g/mol. The number of amides is 1. The number of carbonyl (C=O) groups excluding carboxylic acids is 2. The summed E-state index contributed by atoms with van der Waals surface area (Å²) in [4.78, 5) is 25.8. The second-order valence-corrected chi connectivity index (χ2v) is 11.5. The Bertz CT molecular complexity index is 1340. The van der Waals surface area contributed by atoms with Crippen molar-refractivity contribution < 1.29 is 14.0 Å². The fourth-order valence-corrected chi connectivity index (χ4v) is 5.75. The number of alkyl halides is 2. The molecule has 1 amide bonds. The molecule has 2 unspecified atom stereocenters. The van der Waals surface area contributed by atoms with E-state index in [1.54, 1.807) is 18.2 Å². The van der Waals surface area contributed by atoms with Gasteiger partial charge < -0.3 is 5.32 Å². The molecule has 0 heterocycles. The fraction of sp³-hybridized carbons (Fsp3) is 0.167. The molecule has 0 aliphatic heterocycles. The van der Waals surface area contributed by atoms with Crippen LogP contribution in [0.1, 0.15) is 27.4 Å². The molecule has 1 saturated carbocycles. The first-order chi connectivity index (χ1) is 16.4. The van der Waals surface area contributed by atoms with Gasteiger partial charge in [-0.2, -0.15) is 0 Å². The predicted octanol–water partition coefficient (Wildman–Crippen LogP) is 9.04. The number of carbonyl (C=O) groups is 2. The molecule has 182 valence electrons. The predicted molar refractivity (Wildman–Crippen MR) is 142 cm³/mol. The summed E-state index contributed by atoms with van der Waals surface area (Å²) < 4.78 is 13.0. The summed E-state index contributed by atoms with van der Waals surface area (Å²) in [5.41, 5.74) is 1.07. The van der Waals surface area contributed by atoms with Crippen LogP contribution in [0.15, 0.2) is 48.5 Å². The highest BCUT2D eigenvalue weighted by Crippen LogP contribution is 2.65. The summed E-state index contributed by atoms with van der Waals surface area (Å²) in [6, 6.07) is 12.0. The van der Waals surface area contributed by atoms with Gasteiger partial charge in [0.2, 0.25) is 5.91 Å². The maximum atomic E-state index is 14.4. The zero-order chi connectivity index (χ0) is 25.7. The molecule has 1 fully saturated rings. The van der Waals surface area contributed by atoms with Gasteiger partial charge in [0.1, 0.15) is 10.2 Å². The van der Waals surface area contributed by atoms with E-state index in [2.05, 4.69) is 5.32 Å². The first kappa shape index (κ1) is 26.8. The molecule has 2 atom stereocenters. The second kappa shape index (κ2) is 10.3. The molecule has 0 bridgehead atoms. The number of hydrogen-bond donors (Lipinski definition) is 1. The van der Waals surface area contributed by atoms with Gasteiger partial charge in [-0.3, -0.25) is 9.59 Å². The Labute approximate surface area is 235 Å². The average molecular weight is 615 g/mol.